The quantitative estimate of drug-likeness (QED) is 0.648. The molecule has 1 heterocycles. The lowest BCUT2D eigenvalue weighted by molar-refractivity contribution is -0.384. The average Bonchev–Trinajstić information content (AvgIpc) is 3.15. The molecule has 1 fully saturated rings. The van der Waals surface area contributed by atoms with Crippen molar-refractivity contribution in [2.45, 2.75) is 18.9 Å². The lowest BCUT2D eigenvalue weighted by Crippen LogP contribution is -2.37. The van der Waals surface area contributed by atoms with Gasteiger partial charge in [-0.05, 0) is 43.6 Å². The molecule has 25 heavy (non-hydrogen) atoms. The van der Waals surface area contributed by atoms with Crippen LogP contribution in [0.4, 0.5) is 5.69 Å². The molecule has 0 saturated carbocycles. The molecule has 0 spiro atoms. The molecular formula is C19H21N3O3. The number of likely N-dealkylation sites (tertiary alicyclic amines) is 1. The molecule has 1 unspecified atom stereocenters. The third-order valence-corrected chi connectivity index (χ3v) is 4.49. The van der Waals surface area contributed by atoms with Crippen molar-refractivity contribution in [2.24, 2.45) is 0 Å². The Kier molecular flexibility index (Phi) is 5.40. The number of benzene rings is 2. The van der Waals surface area contributed by atoms with E-state index >= 15 is 0 Å². The van der Waals surface area contributed by atoms with E-state index < -0.39 is 4.92 Å². The van der Waals surface area contributed by atoms with Crippen LogP contribution in [0.2, 0.25) is 0 Å². The highest BCUT2D eigenvalue weighted by molar-refractivity contribution is 5.94. The first-order valence-corrected chi connectivity index (χ1v) is 8.46. The fourth-order valence-electron chi connectivity index (χ4n) is 3.12. The molecule has 6 nitrogen and oxygen atoms in total. The molecule has 1 saturated heterocycles. The van der Waals surface area contributed by atoms with Crippen LogP contribution in [-0.4, -0.2) is 35.4 Å². The van der Waals surface area contributed by atoms with Gasteiger partial charge in [-0.1, -0.05) is 30.3 Å². The predicted octanol–water partition coefficient (Wildman–Crippen LogP) is 3.16. The van der Waals surface area contributed by atoms with E-state index in [9.17, 15) is 14.9 Å². The van der Waals surface area contributed by atoms with Crippen LogP contribution in [0.5, 0.6) is 0 Å². The Balaban J connectivity index is 1.74. The summed E-state index contributed by atoms with van der Waals surface area (Å²) < 4.78 is 0. The van der Waals surface area contributed by atoms with Crippen LogP contribution < -0.4 is 5.32 Å². The number of carbonyl (C=O) groups is 1. The van der Waals surface area contributed by atoms with E-state index in [0.29, 0.717) is 5.56 Å². The maximum absolute atomic E-state index is 12.6. The fraction of sp³-hybridized carbons (Fsp3) is 0.316. The molecule has 1 aliphatic rings. The number of hydrogen-bond donors (Lipinski definition) is 1. The van der Waals surface area contributed by atoms with Gasteiger partial charge >= 0.3 is 0 Å². The van der Waals surface area contributed by atoms with Gasteiger partial charge in [-0.25, -0.2) is 0 Å². The summed E-state index contributed by atoms with van der Waals surface area (Å²) >= 11 is 0. The summed E-state index contributed by atoms with van der Waals surface area (Å²) in [4.78, 5) is 25.2. The van der Waals surface area contributed by atoms with E-state index in [1.807, 2.05) is 30.3 Å². The molecule has 0 radical (unpaired) electrons. The van der Waals surface area contributed by atoms with Gasteiger partial charge < -0.3 is 10.2 Å². The van der Waals surface area contributed by atoms with Crippen LogP contribution in [0, 0.1) is 10.1 Å². The van der Waals surface area contributed by atoms with Crippen LogP contribution in [0.1, 0.15) is 34.8 Å². The van der Waals surface area contributed by atoms with Crippen molar-refractivity contribution in [3.8, 4) is 0 Å². The van der Waals surface area contributed by atoms with Gasteiger partial charge in [-0.3, -0.25) is 14.9 Å². The minimum absolute atomic E-state index is 0.0202. The van der Waals surface area contributed by atoms with Crippen molar-refractivity contribution in [1.29, 1.82) is 0 Å². The van der Waals surface area contributed by atoms with E-state index in [0.717, 1.165) is 25.2 Å². The van der Waals surface area contributed by atoms with E-state index in [1.54, 1.807) is 0 Å². The second kappa shape index (κ2) is 7.90. The number of nitro benzene ring substituents is 1. The molecule has 2 aromatic carbocycles. The number of non-ortho nitro benzene ring substituents is 1. The molecule has 1 aliphatic heterocycles. The number of rotatable bonds is 6. The topological polar surface area (TPSA) is 75.5 Å². The van der Waals surface area contributed by atoms with Crippen molar-refractivity contribution in [2.75, 3.05) is 19.6 Å². The summed E-state index contributed by atoms with van der Waals surface area (Å²) in [5, 5.41) is 13.8. The van der Waals surface area contributed by atoms with Crippen molar-refractivity contribution in [3.63, 3.8) is 0 Å². The SMILES string of the molecule is O=C(NC(CN1CCCC1)c1ccccc1)c1ccc([N+](=O)[O-])cc1. The Hall–Kier alpha value is -2.73. The number of nitrogens with one attached hydrogen (secondary N) is 1. The van der Waals surface area contributed by atoms with E-state index in [-0.39, 0.29) is 17.6 Å². The number of carbonyl (C=O) groups excluding carboxylic acids is 1. The van der Waals surface area contributed by atoms with E-state index in [1.165, 1.54) is 37.1 Å². The average molecular weight is 339 g/mol. The van der Waals surface area contributed by atoms with Gasteiger partial charge in [0.15, 0.2) is 0 Å². The molecule has 2 aromatic rings. The highest BCUT2D eigenvalue weighted by Crippen LogP contribution is 2.19. The summed E-state index contributed by atoms with van der Waals surface area (Å²) in [6.45, 7) is 2.87. The molecule has 0 aliphatic carbocycles. The van der Waals surface area contributed by atoms with Gasteiger partial charge in [-0.2, -0.15) is 0 Å². The molecule has 1 atom stereocenters. The zero-order chi connectivity index (χ0) is 17.6. The Morgan fingerprint density at radius 3 is 2.32 bits per heavy atom. The predicted molar refractivity (Wildman–Crippen MR) is 95.4 cm³/mol. The Morgan fingerprint density at radius 2 is 1.72 bits per heavy atom. The number of nitro groups is 1. The maximum atomic E-state index is 12.6. The zero-order valence-electron chi connectivity index (χ0n) is 13.9. The Morgan fingerprint density at radius 1 is 1.08 bits per heavy atom. The molecule has 3 rings (SSSR count). The standard InChI is InChI=1S/C19H21N3O3/c23-19(16-8-10-17(11-9-16)22(24)25)20-18(14-21-12-4-5-13-21)15-6-2-1-3-7-15/h1-3,6-11,18H,4-5,12-14H2,(H,20,23). The first kappa shape index (κ1) is 17.1. The Bertz CT molecular complexity index is 725. The van der Waals surface area contributed by atoms with Crippen LogP contribution in [0.3, 0.4) is 0 Å². The molecule has 0 aromatic heterocycles. The van der Waals surface area contributed by atoms with Crippen LogP contribution >= 0.6 is 0 Å². The normalized spacial score (nSPS) is 15.7. The monoisotopic (exact) mass is 339 g/mol. The Labute approximate surface area is 146 Å². The van der Waals surface area contributed by atoms with Gasteiger partial charge in [-0.15, -0.1) is 0 Å². The summed E-state index contributed by atoms with van der Waals surface area (Å²) in [6, 6.07) is 15.5. The zero-order valence-corrected chi connectivity index (χ0v) is 13.9. The van der Waals surface area contributed by atoms with Gasteiger partial charge in [0.1, 0.15) is 0 Å². The molecule has 1 amide bonds. The third-order valence-electron chi connectivity index (χ3n) is 4.49. The first-order chi connectivity index (χ1) is 12.1. The minimum Gasteiger partial charge on any atom is -0.344 e. The second-order valence-electron chi connectivity index (χ2n) is 6.25. The number of hydrogen-bond acceptors (Lipinski definition) is 4. The summed E-state index contributed by atoms with van der Waals surface area (Å²) in [7, 11) is 0. The minimum atomic E-state index is -0.470. The molecule has 6 heteroatoms. The third kappa shape index (κ3) is 4.42. The number of amides is 1. The van der Waals surface area contributed by atoms with Gasteiger partial charge in [0.25, 0.3) is 11.6 Å². The van der Waals surface area contributed by atoms with Gasteiger partial charge in [0, 0.05) is 24.2 Å². The van der Waals surface area contributed by atoms with Crippen molar-refractivity contribution >= 4 is 11.6 Å². The van der Waals surface area contributed by atoms with Crippen LogP contribution in [0.25, 0.3) is 0 Å². The lowest BCUT2D eigenvalue weighted by Gasteiger charge is -2.25. The highest BCUT2D eigenvalue weighted by atomic mass is 16.6. The van der Waals surface area contributed by atoms with Crippen LogP contribution in [-0.2, 0) is 0 Å². The van der Waals surface area contributed by atoms with Gasteiger partial charge in [0.2, 0.25) is 0 Å². The molecule has 1 N–H and O–H groups in total. The van der Waals surface area contributed by atoms with Crippen molar-refractivity contribution in [3.05, 3.63) is 75.8 Å². The number of nitrogens with zero attached hydrogens (tertiary/aromatic N) is 2. The molecule has 130 valence electrons. The largest absolute Gasteiger partial charge is 0.344 e. The van der Waals surface area contributed by atoms with E-state index in [2.05, 4.69) is 10.2 Å². The summed E-state index contributed by atoms with van der Waals surface area (Å²) in [6.07, 6.45) is 2.38. The van der Waals surface area contributed by atoms with E-state index in [4.69, 9.17) is 0 Å². The van der Waals surface area contributed by atoms with Crippen LogP contribution in [0.15, 0.2) is 54.6 Å². The maximum Gasteiger partial charge on any atom is 0.269 e. The smallest absolute Gasteiger partial charge is 0.269 e. The first-order valence-electron chi connectivity index (χ1n) is 8.46. The second-order valence-corrected chi connectivity index (χ2v) is 6.25. The van der Waals surface area contributed by atoms with Gasteiger partial charge in [0.05, 0.1) is 11.0 Å². The summed E-state index contributed by atoms with van der Waals surface area (Å²) in [5.74, 6) is -0.219. The fourth-order valence-corrected chi connectivity index (χ4v) is 3.12. The molecular weight excluding hydrogens is 318 g/mol. The van der Waals surface area contributed by atoms with Crippen molar-refractivity contribution < 1.29 is 9.72 Å². The lowest BCUT2D eigenvalue weighted by atomic mass is 10.1. The highest BCUT2D eigenvalue weighted by Gasteiger charge is 2.21. The van der Waals surface area contributed by atoms with Crippen molar-refractivity contribution in [1.82, 2.24) is 10.2 Å². The molecule has 0 bridgehead atoms. The summed E-state index contributed by atoms with van der Waals surface area (Å²) in [5.41, 5.74) is 1.46.